The first-order chi connectivity index (χ1) is 10.3. The molecular formula is C16H15N3O2. The number of aromatic nitrogens is 2. The van der Waals surface area contributed by atoms with E-state index in [1.807, 2.05) is 60.7 Å². The van der Waals surface area contributed by atoms with Crippen LogP contribution in [-0.4, -0.2) is 21.8 Å². The minimum Gasteiger partial charge on any atom is -0.387 e. The van der Waals surface area contributed by atoms with Gasteiger partial charge in [0, 0.05) is 12.1 Å². The largest absolute Gasteiger partial charge is 0.387 e. The smallest absolute Gasteiger partial charge is 0.321 e. The molecule has 2 aromatic carbocycles. The SMILES string of the molecule is O[C@H](CNc1nc(-c2ccccc2)no1)c1ccccc1. The van der Waals surface area contributed by atoms with Gasteiger partial charge in [-0.15, -0.1) is 0 Å². The summed E-state index contributed by atoms with van der Waals surface area (Å²) in [6.45, 7) is 0.306. The van der Waals surface area contributed by atoms with Gasteiger partial charge in [0.2, 0.25) is 5.82 Å². The van der Waals surface area contributed by atoms with Crippen LogP contribution in [0.5, 0.6) is 0 Å². The summed E-state index contributed by atoms with van der Waals surface area (Å²) in [6.07, 6.45) is -0.627. The lowest BCUT2D eigenvalue weighted by Gasteiger charge is -2.10. The lowest BCUT2D eigenvalue weighted by atomic mass is 10.1. The first kappa shape index (κ1) is 13.3. The molecule has 3 rings (SSSR count). The summed E-state index contributed by atoms with van der Waals surface area (Å²) in [5.74, 6) is 0.521. The van der Waals surface area contributed by atoms with Gasteiger partial charge < -0.3 is 14.9 Å². The monoisotopic (exact) mass is 281 g/mol. The summed E-state index contributed by atoms with van der Waals surface area (Å²) in [7, 11) is 0. The maximum Gasteiger partial charge on any atom is 0.321 e. The molecule has 0 radical (unpaired) electrons. The number of nitrogens with zero attached hydrogens (tertiary/aromatic N) is 2. The number of aliphatic hydroxyl groups is 1. The van der Waals surface area contributed by atoms with Crippen LogP contribution in [0.25, 0.3) is 11.4 Å². The fraction of sp³-hybridized carbons (Fsp3) is 0.125. The molecule has 106 valence electrons. The molecule has 0 spiro atoms. The van der Waals surface area contributed by atoms with E-state index in [0.29, 0.717) is 18.4 Å². The van der Waals surface area contributed by atoms with Crippen LogP contribution in [0.1, 0.15) is 11.7 Å². The van der Waals surface area contributed by atoms with Gasteiger partial charge in [-0.25, -0.2) is 0 Å². The molecule has 0 bridgehead atoms. The Kier molecular flexibility index (Phi) is 3.93. The van der Waals surface area contributed by atoms with Crippen molar-refractivity contribution in [2.75, 3.05) is 11.9 Å². The van der Waals surface area contributed by atoms with E-state index in [1.54, 1.807) is 0 Å². The molecule has 0 aliphatic carbocycles. The molecule has 0 aliphatic rings. The van der Waals surface area contributed by atoms with Gasteiger partial charge in [-0.1, -0.05) is 65.8 Å². The summed E-state index contributed by atoms with van der Waals surface area (Å²) < 4.78 is 5.12. The van der Waals surface area contributed by atoms with Crippen LogP contribution >= 0.6 is 0 Å². The number of hydrogen-bond donors (Lipinski definition) is 2. The van der Waals surface area contributed by atoms with Gasteiger partial charge in [-0.2, -0.15) is 4.98 Å². The fourth-order valence-electron chi connectivity index (χ4n) is 1.98. The molecule has 21 heavy (non-hydrogen) atoms. The van der Waals surface area contributed by atoms with Gasteiger partial charge in [0.05, 0.1) is 6.10 Å². The van der Waals surface area contributed by atoms with Crippen molar-refractivity contribution >= 4 is 6.01 Å². The molecular weight excluding hydrogens is 266 g/mol. The third kappa shape index (κ3) is 3.27. The topological polar surface area (TPSA) is 71.2 Å². The summed E-state index contributed by atoms with van der Waals surface area (Å²) in [4.78, 5) is 4.25. The highest BCUT2D eigenvalue weighted by molar-refractivity contribution is 5.54. The van der Waals surface area contributed by atoms with E-state index in [-0.39, 0.29) is 0 Å². The predicted molar refractivity (Wildman–Crippen MR) is 79.6 cm³/mol. The molecule has 0 saturated carbocycles. The fourth-order valence-corrected chi connectivity index (χ4v) is 1.98. The van der Waals surface area contributed by atoms with Gasteiger partial charge >= 0.3 is 6.01 Å². The number of anilines is 1. The van der Waals surface area contributed by atoms with Crippen LogP contribution < -0.4 is 5.32 Å². The van der Waals surface area contributed by atoms with Crippen molar-refractivity contribution in [1.82, 2.24) is 10.1 Å². The summed E-state index contributed by atoms with van der Waals surface area (Å²) >= 11 is 0. The zero-order chi connectivity index (χ0) is 14.5. The van der Waals surface area contributed by atoms with E-state index >= 15 is 0 Å². The van der Waals surface area contributed by atoms with E-state index in [2.05, 4.69) is 15.5 Å². The van der Waals surface area contributed by atoms with E-state index in [1.165, 1.54) is 0 Å². The third-order valence-electron chi connectivity index (χ3n) is 3.09. The van der Waals surface area contributed by atoms with Crippen LogP contribution in [-0.2, 0) is 0 Å². The number of rotatable bonds is 5. The number of benzene rings is 2. The second kappa shape index (κ2) is 6.19. The van der Waals surface area contributed by atoms with Gasteiger partial charge in [0.25, 0.3) is 0 Å². The number of aliphatic hydroxyl groups excluding tert-OH is 1. The first-order valence-electron chi connectivity index (χ1n) is 6.69. The van der Waals surface area contributed by atoms with Crippen LogP contribution in [0.3, 0.4) is 0 Å². The molecule has 3 aromatic rings. The summed E-state index contributed by atoms with van der Waals surface area (Å²) in [6, 6.07) is 19.3. The van der Waals surface area contributed by atoms with Gasteiger partial charge in [0.15, 0.2) is 0 Å². The molecule has 1 heterocycles. The van der Waals surface area contributed by atoms with E-state index < -0.39 is 6.10 Å². The molecule has 5 nitrogen and oxygen atoms in total. The maximum atomic E-state index is 10.1. The predicted octanol–water partition coefficient (Wildman–Crippen LogP) is 2.88. The minimum absolute atomic E-state index is 0.295. The Balaban J connectivity index is 1.63. The zero-order valence-electron chi connectivity index (χ0n) is 11.3. The molecule has 0 aliphatic heterocycles. The Hall–Kier alpha value is -2.66. The average molecular weight is 281 g/mol. The highest BCUT2D eigenvalue weighted by Crippen LogP contribution is 2.18. The Labute approximate surface area is 122 Å². The van der Waals surface area contributed by atoms with Crippen molar-refractivity contribution in [3.8, 4) is 11.4 Å². The van der Waals surface area contributed by atoms with Crippen molar-refractivity contribution in [1.29, 1.82) is 0 Å². The Morgan fingerprint density at radius 3 is 2.38 bits per heavy atom. The molecule has 2 N–H and O–H groups in total. The average Bonchev–Trinajstić information content (AvgIpc) is 3.03. The summed E-state index contributed by atoms with van der Waals surface area (Å²) in [5, 5.41) is 16.9. The van der Waals surface area contributed by atoms with Crippen molar-refractivity contribution in [3.63, 3.8) is 0 Å². The zero-order valence-corrected chi connectivity index (χ0v) is 11.3. The lowest BCUT2D eigenvalue weighted by Crippen LogP contribution is -2.12. The standard InChI is InChI=1S/C16H15N3O2/c20-14(12-7-3-1-4-8-12)11-17-16-18-15(19-21-16)13-9-5-2-6-10-13/h1-10,14,20H,11H2,(H,17,18,19)/t14-/m1/s1. The van der Waals surface area contributed by atoms with Crippen molar-refractivity contribution in [2.24, 2.45) is 0 Å². The van der Waals surface area contributed by atoms with Gasteiger partial charge in [0.1, 0.15) is 0 Å². The normalized spacial score (nSPS) is 12.0. The van der Waals surface area contributed by atoms with Crippen LogP contribution in [0, 0.1) is 0 Å². The lowest BCUT2D eigenvalue weighted by molar-refractivity contribution is 0.190. The third-order valence-corrected chi connectivity index (χ3v) is 3.09. The molecule has 1 aromatic heterocycles. The quantitative estimate of drug-likeness (QED) is 0.752. The number of nitrogens with one attached hydrogen (secondary N) is 1. The molecule has 0 amide bonds. The van der Waals surface area contributed by atoms with Crippen molar-refractivity contribution in [3.05, 3.63) is 66.2 Å². The maximum absolute atomic E-state index is 10.1. The molecule has 0 fully saturated rings. The Morgan fingerprint density at radius 1 is 1.00 bits per heavy atom. The van der Waals surface area contributed by atoms with E-state index in [0.717, 1.165) is 11.1 Å². The molecule has 1 atom stereocenters. The highest BCUT2D eigenvalue weighted by atomic mass is 16.5. The van der Waals surface area contributed by atoms with E-state index in [4.69, 9.17) is 4.52 Å². The molecule has 5 heteroatoms. The first-order valence-corrected chi connectivity index (χ1v) is 6.69. The van der Waals surface area contributed by atoms with Gasteiger partial charge in [-0.3, -0.25) is 0 Å². The highest BCUT2D eigenvalue weighted by Gasteiger charge is 2.11. The van der Waals surface area contributed by atoms with E-state index in [9.17, 15) is 5.11 Å². The van der Waals surface area contributed by atoms with Crippen molar-refractivity contribution in [2.45, 2.75) is 6.10 Å². The second-order valence-electron chi connectivity index (χ2n) is 4.60. The van der Waals surface area contributed by atoms with Gasteiger partial charge in [-0.05, 0) is 5.56 Å². The molecule has 0 unspecified atom stereocenters. The van der Waals surface area contributed by atoms with Crippen LogP contribution in [0.2, 0.25) is 0 Å². The van der Waals surface area contributed by atoms with Crippen molar-refractivity contribution < 1.29 is 9.63 Å². The Bertz CT molecular complexity index is 683. The Morgan fingerprint density at radius 2 is 1.67 bits per heavy atom. The molecule has 0 saturated heterocycles. The minimum atomic E-state index is -0.627. The number of hydrogen-bond acceptors (Lipinski definition) is 5. The van der Waals surface area contributed by atoms with Crippen LogP contribution in [0.4, 0.5) is 6.01 Å². The second-order valence-corrected chi connectivity index (χ2v) is 4.60. The van der Waals surface area contributed by atoms with Crippen LogP contribution in [0.15, 0.2) is 65.2 Å². The summed E-state index contributed by atoms with van der Waals surface area (Å²) in [5.41, 5.74) is 1.73.